The van der Waals surface area contributed by atoms with Crippen molar-refractivity contribution in [2.45, 2.75) is 0 Å². The maximum atomic E-state index is 5.41. The second kappa shape index (κ2) is 6.74. The van der Waals surface area contributed by atoms with Crippen LogP contribution in [0, 0.1) is 12.3 Å². The van der Waals surface area contributed by atoms with Crippen LogP contribution in [0.3, 0.4) is 0 Å². The Bertz CT molecular complexity index is 313. The van der Waals surface area contributed by atoms with Gasteiger partial charge in [-0.15, -0.1) is 6.42 Å². The largest absolute Gasteiger partial charge is 0.491 e. The van der Waals surface area contributed by atoms with Gasteiger partial charge in [0.2, 0.25) is 0 Å². The minimum Gasteiger partial charge on any atom is -0.491 e. The molecule has 0 atom stereocenters. The first-order chi connectivity index (χ1) is 7.36. The summed E-state index contributed by atoms with van der Waals surface area (Å²) in [4.78, 5) is 0. The molecule has 0 aliphatic heterocycles. The molecule has 0 amide bonds. The Morgan fingerprint density at radius 2 is 2.00 bits per heavy atom. The number of methoxy groups -OCH3 is 1. The highest BCUT2D eigenvalue weighted by Gasteiger charge is 1.94. The van der Waals surface area contributed by atoms with Gasteiger partial charge < -0.3 is 14.8 Å². The smallest absolute Gasteiger partial charge is 0.119 e. The van der Waals surface area contributed by atoms with Gasteiger partial charge in [0, 0.05) is 12.8 Å². The monoisotopic (exact) mass is 205 g/mol. The molecule has 0 aliphatic carbocycles. The van der Waals surface area contributed by atoms with E-state index in [1.54, 1.807) is 7.11 Å². The second-order valence-corrected chi connectivity index (χ2v) is 2.92. The Morgan fingerprint density at radius 1 is 1.27 bits per heavy atom. The zero-order valence-corrected chi connectivity index (χ0v) is 8.82. The second-order valence-electron chi connectivity index (χ2n) is 2.92. The summed E-state index contributed by atoms with van der Waals surface area (Å²) in [7, 11) is 1.65. The van der Waals surface area contributed by atoms with Crippen molar-refractivity contribution in [1.29, 1.82) is 0 Å². The minimum absolute atomic E-state index is 0.532. The van der Waals surface area contributed by atoms with Crippen LogP contribution in [0.2, 0.25) is 0 Å². The highest BCUT2D eigenvalue weighted by atomic mass is 16.5. The fourth-order valence-electron chi connectivity index (χ4n) is 1.06. The molecule has 1 N–H and O–H groups in total. The molecule has 80 valence electrons. The third kappa shape index (κ3) is 4.39. The maximum absolute atomic E-state index is 5.41. The Morgan fingerprint density at radius 3 is 2.60 bits per heavy atom. The lowest BCUT2D eigenvalue weighted by Gasteiger charge is -2.06. The van der Waals surface area contributed by atoms with Gasteiger partial charge in [-0.2, -0.15) is 0 Å². The Balaban J connectivity index is 2.39. The van der Waals surface area contributed by atoms with E-state index in [-0.39, 0.29) is 0 Å². The van der Waals surface area contributed by atoms with Gasteiger partial charge >= 0.3 is 0 Å². The van der Waals surface area contributed by atoms with Crippen molar-refractivity contribution in [2.75, 3.05) is 32.2 Å². The molecule has 1 aromatic carbocycles. The molecule has 3 heteroatoms. The lowest BCUT2D eigenvalue weighted by atomic mass is 10.3. The van der Waals surface area contributed by atoms with E-state index in [9.17, 15) is 0 Å². The molecular weight excluding hydrogens is 190 g/mol. The van der Waals surface area contributed by atoms with Crippen LogP contribution in [0.1, 0.15) is 0 Å². The van der Waals surface area contributed by atoms with Crippen molar-refractivity contribution in [2.24, 2.45) is 0 Å². The van der Waals surface area contributed by atoms with Crippen LogP contribution in [0.4, 0.5) is 5.69 Å². The molecule has 15 heavy (non-hydrogen) atoms. The standard InChI is InChI=1S/C12H15NO2/c1-3-8-13-11-4-6-12(7-5-11)15-10-9-14-2/h1,4-7,13H,8-10H2,2H3. The van der Waals surface area contributed by atoms with Crippen molar-refractivity contribution < 1.29 is 9.47 Å². The summed E-state index contributed by atoms with van der Waals surface area (Å²) in [6.45, 7) is 1.69. The van der Waals surface area contributed by atoms with Crippen molar-refractivity contribution >= 4 is 5.69 Å². The Kier molecular flexibility index (Phi) is 5.13. The van der Waals surface area contributed by atoms with E-state index >= 15 is 0 Å². The van der Waals surface area contributed by atoms with Gasteiger partial charge in [-0.1, -0.05) is 5.92 Å². The van der Waals surface area contributed by atoms with Crippen LogP contribution in [0.5, 0.6) is 5.75 Å². The minimum atomic E-state index is 0.532. The first-order valence-electron chi connectivity index (χ1n) is 4.76. The number of hydrogen-bond donors (Lipinski definition) is 1. The van der Waals surface area contributed by atoms with Crippen molar-refractivity contribution in [3.8, 4) is 18.1 Å². The van der Waals surface area contributed by atoms with Gasteiger partial charge in [-0.05, 0) is 24.3 Å². The van der Waals surface area contributed by atoms with Gasteiger partial charge in [0.25, 0.3) is 0 Å². The topological polar surface area (TPSA) is 30.5 Å². The van der Waals surface area contributed by atoms with Crippen LogP contribution in [0.25, 0.3) is 0 Å². The van der Waals surface area contributed by atoms with Gasteiger partial charge in [-0.25, -0.2) is 0 Å². The molecule has 0 bridgehead atoms. The van der Waals surface area contributed by atoms with Crippen LogP contribution < -0.4 is 10.1 Å². The number of ether oxygens (including phenoxy) is 2. The molecule has 0 unspecified atom stereocenters. The lowest BCUT2D eigenvalue weighted by molar-refractivity contribution is 0.146. The van der Waals surface area contributed by atoms with E-state index in [1.165, 1.54) is 0 Å². The molecule has 0 aromatic heterocycles. The summed E-state index contributed by atoms with van der Waals surface area (Å²) in [5.74, 6) is 3.35. The lowest BCUT2D eigenvalue weighted by Crippen LogP contribution is -2.04. The summed E-state index contributed by atoms with van der Waals surface area (Å²) < 4.78 is 10.3. The van der Waals surface area contributed by atoms with E-state index in [2.05, 4.69) is 11.2 Å². The normalized spacial score (nSPS) is 9.33. The first kappa shape index (κ1) is 11.4. The first-order valence-corrected chi connectivity index (χ1v) is 4.76. The fourth-order valence-corrected chi connectivity index (χ4v) is 1.06. The van der Waals surface area contributed by atoms with Crippen molar-refractivity contribution in [3.63, 3.8) is 0 Å². The van der Waals surface area contributed by atoms with E-state index in [0.29, 0.717) is 19.8 Å². The van der Waals surface area contributed by atoms with E-state index in [0.717, 1.165) is 11.4 Å². The molecule has 1 rings (SSSR count). The predicted molar refractivity (Wildman–Crippen MR) is 61.1 cm³/mol. The van der Waals surface area contributed by atoms with E-state index in [1.807, 2.05) is 24.3 Å². The number of nitrogens with one attached hydrogen (secondary N) is 1. The van der Waals surface area contributed by atoms with Gasteiger partial charge in [0.05, 0.1) is 13.2 Å². The van der Waals surface area contributed by atoms with E-state index < -0.39 is 0 Å². The summed E-state index contributed by atoms with van der Waals surface area (Å²) in [5.41, 5.74) is 0.993. The molecule has 0 saturated carbocycles. The number of benzene rings is 1. The third-order valence-corrected chi connectivity index (χ3v) is 1.81. The van der Waals surface area contributed by atoms with Crippen molar-refractivity contribution in [3.05, 3.63) is 24.3 Å². The molecular formula is C12H15NO2. The summed E-state index contributed by atoms with van der Waals surface area (Å²) in [5, 5.41) is 3.07. The van der Waals surface area contributed by atoms with Crippen LogP contribution >= 0.6 is 0 Å². The van der Waals surface area contributed by atoms with Gasteiger partial charge in [0.15, 0.2) is 0 Å². The predicted octanol–water partition coefficient (Wildman–Crippen LogP) is 1.76. The number of terminal acetylenes is 1. The molecule has 0 spiro atoms. The highest BCUT2D eigenvalue weighted by molar-refractivity contribution is 5.47. The molecule has 0 aliphatic rings. The fraction of sp³-hybridized carbons (Fsp3) is 0.333. The Hall–Kier alpha value is -1.66. The maximum Gasteiger partial charge on any atom is 0.119 e. The molecule has 3 nitrogen and oxygen atoms in total. The van der Waals surface area contributed by atoms with Gasteiger partial charge in [-0.3, -0.25) is 0 Å². The van der Waals surface area contributed by atoms with Crippen molar-refractivity contribution in [1.82, 2.24) is 0 Å². The Labute approximate surface area is 90.4 Å². The molecule has 0 radical (unpaired) electrons. The SMILES string of the molecule is C#CCNc1ccc(OCCOC)cc1. The molecule has 0 heterocycles. The number of anilines is 1. The molecule has 1 aromatic rings. The average Bonchev–Trinajstić information content (AvgIpc) is 2.28. The van der Waals surface area contributed by atoms with Crippen LogP contribution in [-0.4, -0.2) is 26.9 Å². The summed E-state index contributed by atoms with van der Waals surface area (Å²) in [6.07, 6.45) is 5.14. The number of hydrogen-bond acceptors (Lipinski definition) is 3. The van der Waals surface area contributed by atoms with Crippen LogP contribution in [0.15, 0.2) is 24.3 Å². The van der Waals surface area contributed by atoms with Crippen LogP contribution in [-0.2, 0) is 4.74 Å². The van der Waals surface area contributed by atoms with Gasteiger partial charge in [0.1, 0.15) is 12.4 Å². The zero-order valence-electron chi connectivity index (χ0n) is 8.82. The number of rotatable bonds is 6. The summed E-state index contributed by atoms with van der Waals surface area (Å²) >= 11 is 0. The molecule has 0 fully saturated rings. The zero-order chi connectivity index (χ0) is 10.9. The highest BCUT2D eigenvalue weighted by Crippen LogP contribution is 2.15. The average molecular weight is 205 g/mol. The summed E-state index contributed by atoms with van der Waals surface area (Å²) in [6, 6.07) is 7.65. The quantitative estimate of drug-likeness (QED) is 0.567. The van der Waals surface area contributed by atoms with E-state index in [4.69, 9.17) is 15.9 Å². The third-order valence-electron chi connectivity index (χ3n) is 1.81. The molecule has 0 saturated heterocycles.